The van der Waals surface area contributed by atoms with Gasteiger partial charge in [0.25, 0.3) is 0 Å². The van der Waals surface area contributed by atoms with Crippen LogP contribution in [0.2, 0.25) is 5.02 Å². The van der Waals surface area contributed by atoms with Crippen LogP contribution in [-0.2, 0) is 9.53 Å². The molecule has 130 valence electrons. The van der Waals surface area contributed by atoms with Crippen molar-refractivity contribution in [3.05, 3.63) is 69.6 Å². The largest absolute Gasteiger partial charge is 0.466 e. The monoisotopic (exact) mass is 369 g/mol. The molecule has 0 aliphatic carbocycles. The molecule has 2 aliphatic heterocycles. The van der Waals surface area contributed by atoms with Crippen LogP contribution in [0.5, 0.6) is 0 Å². The van der Waals surface area contributed by atoms with Gasteiger partial charge in [-0.2, -0.15) is 5.10 Å². The Morgan fingerprint density at radius 1 is 1.23 bits per heavy atom. The van der Waals surface area contributed by atoms with Crippen LogP contribution in [0, 0.1) is 5.82 Å². The van der Waals surface area contributed by atoms with Crippen molar-refractivity contribution in [1.82, 2.24) is 5.01 Å². The highest BCUT2D eigenvalue weighted by Crippen LogP contribution is 2.23. The number of rotatable bonds is 2. The molecule has 5 nitrogen and oxygen atoms in total. The molecule has 0 N–H and O–H groups in total. The second-order valence-corrected chi connectivity index (χ2v) is 6.19. The Kier molecular flexibility index (Phi) is 4.05. The molecule has 0 aromatic heterocycles. The summed E-state index contributed by atoms with van der Waals surface area (Å²) < 4.78 is 19.2. The summed E-state index contributed by atoms with van der Waals surface area (Å²) >= 11 is 6.24. The van der Waals surface area contributed by atoms with Gasteiger partial charge in [-0.3, -0.25) is 4.99 Å². The van der Waals surface area contributed by atoms with E-state index >= 15 is 0 Å². The highest BCUT2D eigenvalue weighted by molar-refractivity contribution is 6.30. The number of nitrogens with zero attached hydrogens (tertiary/aromatic N) is 3. The molecule has 0 spiro atoms. The minimum atomic E-state index is -0.908. The number of hydrogen-bond donors (Lipinski definition) is 0. The molecule has 4 rings (SSSR count). The molecule has 7 heteroatoms. The fraction of sp³-hybridized carbons (Fsp3) is 0.105. The average molecular weight is 370 g/mol. The van der Waals surface area contributed by atoms with Gasteiger partial charge in [0.2, 0.25) is 6.17 Å². The third kappa shape index (κ3) is 2.68. The minimum Gasteiger partial charge on any atom is -0.466 e. The lowest BCUT2D eigenvalue weighted by Gasteiger charge is -2.18. The van der Waals surface area contributed by atoms with Gasteiger partial charge >= 0.3 is 5.97 Å². The zero-order valence-electron chi connectivity index (χ0n) is 13.7. The van der Waals surface area contributed by atoms with E-state index in [-0.39, 0.29) is 5.82 Å². The maximum atomic E-state index is 14.4. The lowest BCUT2D eigenvalue weighted by atomic mass is 10.0. The van der Waals surface area contributed by atoms with Crippen molar-refractivity contribution in [2.75, 3.05) is 7.11 Å². The Labute approximate surface area is 153 Å². The van der Waals surface area contributed by atoms with E-state index in [9.17, 15) is 9.18 Å². The molecule has 0 radical (unpaired) electrons. The molecule has 1 atom stereocenters. The second kappa shape index (κ2) is 6.38. The van der Waals surface area contributed by atoms with Crippen LogP contribution < -0.4 is 10.6 Å². The number of ether oxygens (including phenoxy) is 1. The summed E-state index contributed by atoms with van der Waals surface area (Å²) in [6.45, 7) is 0. The number of fused-ring (bicyclic) bond motifs is 2. The van der Waals surface area contributed by atoms with Crippen molar-refractivity contribution in [1.29, 1.82) is 0 Å². The number of carbonyl (C=O) groups is 1. The zero-order valence-corrected chi connectivity index (χ0v) is 14.4. The van der Waals surface area contributed by atoms with Crippen LogP contribution >= 0.6 is 11.6 Å². The maximum Gasteiger partial charge on any atom is 0.353 e. The van der Waals surface area contributed by atoms with E-state index in [0.29, 0.717) is 27.2 Å². The standard InChI is InChI=1S/C19H13ClFN3O2/c1-26-19(25)18-22-10-13-7-6-11-8-12(20)9-15(17(11)23-24(13)18)14-4-2-3-5-16(14)21/h2-10,18H,1H3. The van der Waals surface area contributed by atoms with Crippen LogP contribution in [0.15, 0.2) is 58.3 Å². The third-order valence-corrected chi connectivity index (χ3v) is 4.38. The van der Waals surface area contributed by atoms with Gasteiger partial charge in [0.15, 0.2) is 0 Å². The van der Waals surface area contributed by atoms with Crippen LogP contribution in [0.1, 0.15) is 0 Å². The topological polar surface area (TPSA) is 54.3 Å². The van der Waals surface area contributed by atoms with Crippen molar-refractivity contribution in [2.24, 2.45) is 10.1 Å². The van der Waals surface area contributed by atoms with Gasteiger partial charge in [-0.15, -0.1) is 0 Å². The van der Waals surface area contributed by atoms with Gasteiger partial charge in [0, 0.05) is 27.6 Å². The predicted molar refractivity (Wildman–Crippen MR) is 96.3 cm³/mol. The Hall–Kier alpha value is -2.99. The molecule has 2 heterocycles. The Balaban J connectivity index is 1.98. The van der Waals surface area contributed by atoms with Gasteiger partial charge < -0.3 is 4.74 Å². The highest BCUT2D eigenvalue weighted by atomic mass is 35.5. The van der Waals surface area contributed by atoms with Crippen LogP contribution in [0.4, 0.5) is 4.39 Å². The maximum absolute atomic E-state index is 14.4. The Morgan fingerprint density at radius 2 is 2.04 bits per heavy atom. The van der Waals surface area contributed by atoms with E-state index in [0.717, 1.165) is 5.22 Å². The first-order valence-corrected chi connectivity index (χ1v) is 8.21. The summed E-state index contributed by atoms with van der Waals surface area (Å²) in [5, 5.41) is 7.74. The first-order valence-electron chi connectivity index (χ1n) is 7.84. The van der Waals surface area contributed by atoms with Gasteiger partial charge in [0.1, 0.15) is 5.82 Å². The lowest BCUT2D eigenvalue weighted by molar-refractivity contribution is -0.145. The first kappa shape index (κ1) is 16.5. The van der Waals surface area contributed by atoms with Crippen molar-refractivity contribution in [3.8, 4) is 11.1 Å². The van der Waals surface area contributed by atoms with Gasteiger partial charge in [-0.05, 0) is 24.3 Å². The molecule has 2 aromatic rings. The number of carbonyl (C=O) groups excluding carboxylic acids is 1. The summed E-state index contributed by atoms with van der Waals surface area (Å²) in [7, 11) is 1.29. The third-order valence-electron chi connectivity index (χ3n) is 4.17. The molecule has 26 heavy (non-hydrogen) atoms. The summed E-state index contributed by atoms with van der Waals surface area (Å²) in [6.07, 6.45) is 4.24. The molecule has 0 amide bonds. The van der Waals surface area contributed by atoms with Crippen molar-refractivity contribution >= 4 is 29.9 Å². The van der Waals surface area contributed by atoms with Crippen molar-refractivity contribution in [2.45, 2.75) is 6.17 Å². The van der Waals surface area contributed by atoms with E-state index in [1.54, 1.807) is 42.6 Å². The van der Waals surface area contributed by atoms with Gasteiger partial charge in [-0.25, -0.2) is 14.2 Å². The molecule has 0 fully saturated rings. The Bertz CT molecular complexity index is 1090. The molecule has 2 aromatic carbocycles. The summed E-state index contributed by atoms with van der Waals surface area (Å²) in [5.41, 5.74) is 1.54. The lowest BCUT2D eigenvalue weighted by Crippen LogP contribution is -2.36. The SMILES string of the molecule is COC(=O)C1N=CC2=CC=c3cc(Cl)cc(-c4ccccc4F)c3=NN21. The number of halogens is 2. The predicted octanol–water partition coefficient (Wildman–Crippen LogP) is 2.24. The number of benzene rings is 2. The van der Waals surface area contributed by atoms with Gasteiger partial charge in [-0.1, -0.05) is 35.9 Å². The van der Waals surface area contributed by atoms with E-state index in [1.165, 1.54) is 18.2 Å². The molecular weight excluding hydrogens is 357 g/mol. The van der Waals surface area contributed by atoms with Crippen molar-refractivity contribution in [3.63, 3.8) is 0 Å². The van der Waals surface area contributed by atoms with E-state index in [4.69, 9.17) is 16.3 Å². The average Bonchev–Trinajstić information content (AvgIpc) is 2.95. The number of methoxy groups -OCH3 is 1. The van der Waals surface area contributed by atoms with E-state index in [1.807, 2.05) is 6.08 Å². The van der Waals surface area contributed by atoms with Crippen LogP contribution in [-0.4, -0.2) is 30.5 Å². The number of hydrogen-bond acceptors (Lipinski definition) is 5. The molecule has 0 saturated heterocycles. The van der Waals surface area contributed by atoms with Gasteiger partial charge in [0.05, 0.1) is 18.2 Å². The van der Waals surface area contributed by atoms with Crippen LogP contribution in [0.3, 0.4) is 0 Å². The molecular formula is C19H13ClFN3O2. The molecule has 1 unspecified atom stereocenters. The van der Waals surface area contributed by atoms with E-state index < -0.39 is 12.1 Å². The van der Waals surface area contributed by atoms with E-state index in [2.05, 4.69) is 10.1 Å². The number of aliphatic imine (C=N–C) groups is 1. The number of allylic oxidation sites excluding steroid dienone is 2. The normalized spacial score (nSPS) is 17.4. The number of esters is 1. The smallest absolute Gasteiger partial charge is 0.353 e. The summed E-state index contributed by atoms with van der Waals surface area (Å²) in [5.74, 6) is -0.912. The fourth-order valence-electron chi connectivity index (χ4n) is 2.94. The van der Waals surface area contributed by atoms with Crippen molar-refractivity contribution < 1.29 is 13.9 Å². The second-order valence-electron chi connectivity index (χ2n) is 5.75. The summed E-state index contributed by atoms with van der Waals surface area (Å²) in [4.78, 5) is 16.1. The molecule has 0 bridgehead atoms. The molecule has 0 saturated carbocycles. The quantitative estimate of drug-likeness (QED) is 0.763. The van der Waals surface area contributed by atoms with Crippen LogP contribution in [0.25, 0.3) is 17.2 Å². The fourth-order valence-corrected chi connectivity index (χ4v) is 3.16. The Morgan fingerprint density at radius 3 is 2.81 bits per heavy atom. The molecule has 2 aliphatic rings. The summed E-state index contributed by atoms with van der Waals surface area (Å²) in [6, 6.07) is 9.80. The minimum absolute atomic E-state index is 0.376. The highest BCUT2D eigenvalue weighted by Gasteiger charge is 2.32. The first-order chi connectivity index (χ1) is 12.6. The zero-order chi connectivity index (χ0) is 18.3.